The van der Waals surface area contributed by atoms with E-state index in [0.29, 0.717) is 0 Å². The Morgan fingerprint density at radius 2 is 1.20 bits per heavy atom. The molecule has 0 aliphatic carbocycles. The van der Waals surface area contributed by atoms with E-state index in [9.17, 15) is 0 Å². The first kappa shape index (κ1) is 33.9. The molecule has 0 atom stereocenters. The summed E-state index contributed by atoms with van der Waals surface area (Å²) in [4.78, 5) is 9.18. The van der Waals surface area contributed by atoms with Crippen molar-refractivity contribution in [3.63, 3.8) is 0 Å². The van der Waals surface area contributed by atoms with Gasteiger partial charge in [0.25, 0.3) is 0 Å². The Hall–Kier alpha value is -3.95. The van der Waals surface area contributed by atoms with E-state index in [2.05, 4.69) is 143 Å². The second-order valence-corrected chi connectivity index (χ2v) is 18.1. The van der Waals surface area contributed by atoms with Gasteiger partial charge in [-0.1, -0.05) is 136 Å². The molecule has 0 bridgehead atoms. The van der Waals surface area contributed by atoms with Gasteiger partial charge < -0.3 is 4.98 Å². The molecule has 0 fully saturated rings. The van der Waals surface area contributed by atoms with Crippen LogP contribution in [0.5, 0.6) is 0 Å². The molecule has 0 saturated carbocycles. The van der Waals surface area contributed by atoms with Gasteiger partial charge in [-0.15, -0.1) is 59.7 Å². The largest absolute Gasteiger partial charge is 0.305 e. The van der Waals surface area contributed by atoms with Crippen LogP contribution < -0.4 is 5.19 Å². The van der Waals surface area contributed by atoms with Gasteiger partial charge in [0.2, 0.25) is 0 Å². The molecule has 45 heavy (non-hydrogen) atoms. The van der Waals surface area contributed by atoms with Gasteiger partial charge in [0, 0.05) is 38.2 Å². The Kier molecular flexibility index (Phi) is 11.2. The second kappa shape index (κ2) is 14.9. The molecule has 0 aliphatic rings. The van der Waals surface area contributed by atoms with Crippen molar-refractivity contribution >= 4 is 13.3 Å². The number of aromatic nitrogens is 2. The minimum Gasteiger partial charge on any atom is -0.305 e. The summed E-state index contributed by atoms with van der Waals surface area (Å²) < 4.78 is 0. The molecule has 0 N–H and O–H groups in total. The summed E-state index contributed by atoms with van der Waals surface area (Å²) in [6, 6.07) is 48.3. The molecule has 4 aromatic carbocycles. The number of hydrogen-bond donors (Lipinski definition) is 0. The van der Waals surface area contributed by atoms with Gasteiger partial charge in [-0.25, -0.2) is 0 Å². The maximum absolute atomic E-state index is 4.96. The molecule has 2 heterocycles. The van der Waals surface area contributed by atoms with Gasteiger partial charge in [0.1, 0.15) is 0 Å². The Morgan fingerprint density at radius 1 is 0.578 bits per heavy atom. The molecule has 6 aromatic rings. The van der Waals surface area contributed by atoms with Gasteiger partial charge in [0.15, 0.2) is 0 Å². The van der Waals surface area contributed by atoms with Crippen LogP contribution in [0.4, 0.5) is 0 Å². The minimum atomic E-state index is -1.51. The van der Waals surface area contributed by atoms with Crippen LogP contribution in [-0.2, 0) is 25.5 Å². The van der Waals surface area contributed by atoms with E-state index in [1.54, 1.807) is 6.20 Å². The molecule has 4 heteroatoms. The van der Waals surface area contributed by atoms with Crippen LogP contribution in [-0.4, -0.2) is 18.0 Å². The first-order valence-electron chi connectivity index (χ1n) is 15.2. The van der Waals surface area contributed by atoms with Crippen molar-refractivity contribution in [1.82, 2.24) is 9.97 Å². The molecule has 2 aromatic heterocycles. The number of pyridine rings is 2. The Labute approximate surface area is 284 Å². The molecule has 0 unspecified atom stereocenters. The number of hydrogen-bond acceptors (Lipinski definition) is 2. The fraction of sp³-hybridized carbons (Fsp3) is 0.171. The van der Waals surface area contributed by atoms with Gasteiger partial charge in [-0.05, 0) is 33.5 Å². The number of nitrogens with zero attached hydrogens (tertiary/aromatic N) is 2. The van der Waals surface area contributed by atoms with Crippen molar-refractivity contribution in [3.05, 3.63) is 151 Å². The van der Waals surface area contributed by atoms with Crippen LogP contribution >= 0.6 is 0 Å². The van der Waals surface area contributed by atoms with Crippen molar-refractivity contribution in [2.24, 2.45) is 0 Å². The van der Waals surface area contributed by atoms with E-state index in [1.165, 1.54) is 27.4 Å². The second-order valence-electron chi connectivity index (χ2n) is 13.0. The fourth-order valence-corrected chi connectivity index (χ4v) is 6.88. The molecule has 0 spiro atoms. The van der Waals surface area contributed by atoms with Crippen LogP contribution in [0.25, 0.3) is 44.8 Å². The van der Waals surface area contributed by atoms with E-state index in [0.717, 1.165) is 28.1 Å². The van der Waals surface area contributed by atoms with Crippen LogP contribution in [0.2, 0.25) is 19.6 Å². The summed E-state index contributed by atoms with van der Waals surface area (Å²) in [5, 5.41) is 1.44. The standard InChI is InChI=1S/C30H32NSi.C11H8N.Ir/c1-30(2,3)27-20-28(31-21-29(27)32(4,5)6)26-18-24(22-13-9-7-10-14-22)17-25(19-26)23-15-11-8-12-16-23;1-2-6-10(7-3-1)11-8-4-5-9-12-11;/h7-18,20-21H,1-6H3;1-6,8-9H;/q2*-1;. The van der Waals surface area contributed by atoms with Crippen molar-refractivity contribution in [3.8, 4) is 44.8 Å². The summed E-state index contributed by atoms with van der Waals surface area (Å²) in [6.07, 6.45) is 3.92. The normalized spacial score (nSPS) is 11.2. The van der Waals surface area contributed by atoms with E-state index in [-0.39, 0.29) is 25.5 Å². The molecular formula is C41H40IrN2Si-2. The van der Waals surface area contributed by atoms with E-state index in [4.69, 9.17) is 4.98 Å². The van der Waals surface area contributed by atoms with Crippen LogP contribution in [0.15, 0.2) is 134 Å². The third-order valence-electron chi connectivity index (χ3n) is 7.51. The fourth-order valence-electron chi connectivity index (χ4n) is 5.17. The first-order chi connectivity index (χ1) is 21.1. The van der Waals surface area contributed by atoms with Crippen LogP contribution in [0.1, 0.15) is 26.3 Å². The third kappa shape index (κ3) is 8.83. The average Bonchev–Trinajstić information content (AvgIpc) is 3.05. The molecule has 6 rings (SSSR count). The minimum absolute atomic E-state index is 0. The topological polar surface area (TPSA) is 25.8 Å². The van der Waals surface area contributed by atoms with Crippen molar-refractivity contribution in [2.45, 2.75) is 45.8 Å². The average molecular weight is 781 g/mol. The molecule has 0 aliphatic heterocycles. The molecule has 2 nitrogen and oxygen atoms in total. The zero-order valence-corrected chi connectivity index (χ0v) is 30.3. The zero-order valence-electron chi connectivity index (χ0n) is 26.9. The van der Waals surface area contributed by atoms with Crippen LogP contribution in [0, 0.1) is 12.1 Å². The summed E-state index contributed by atoms with van der Waals surface area (Å²) >= 11 is 0. The van der Waals surface area contributed by atoms with Gasteiger partial charge in [0.05, 0.1) is 8.07 Å². The Balaban J connectivity index is 0.000000296. The summed E-state index contributed by atoms with van der Waals surface area (Å²) in [6.45, 7) is 14.1. The third-order valence-corrected chi connectivity index (χ3v) is 9.52. The first-order valence-corrected chi connectivity index (χ1v) is 18.7. The molecule has 1 radical (unpaired) electrons. The van der Waals surface area contributed by atoms with Crippen molar-refractivity contribution in [2.75, 3.05) is 0 Å². The van der Waals surface area contributed by atoms with E-state index >= 15 is 0 Å². The predicted octanol–water partition coefficient (Wildman–Crippen LogP) is 10.3. The summed E-state index contributed by atoms with van der Waals surface area (Å²) in [7, 11) is -1.51. The smallest absolute Gasteiger partial charge is 0.0799 e. The van der Waals surface area contributed by atoms with E-state index in [1.807, 2.05) is 42.5 Å². The quantitative estimate of drug-likeness (QED) is 0.129. The van der Waals surface area contributed by atoms with Gasteiger partial charge >= 0.3 is 0 Å². The molecule has 0 amide bonds. The van der Waals surface area contributed by atoms with Crippen molar-refractivity contribution in [1.29, 1.82) is 0 Å². The maximum atomic E-state index is 4.96. The van der Waals surface area contributed by atoms with Crippen molar-refractivity contribution < 1.29 is 20.1 Å². The SMILES string of the molecule is CC(C)(C)c1cc(-c2[c-]c(-c3ccccc3)cc(-c3ccccc3)c2)ncc1[Si](C)(C)C.[Ir].[c-]1ccccc1-c1ccccn1. The van der Waals surface area contributed by atoms with Crippen LogP contribution in [0.3, 0.4) is 0 Å². The molecule has 229 valence electrons. The Bertz CT molecular complexity index is 1700. The zero-order chi connectivity index (χ0) is 31.2. The summed E-state index contributed by atoms with van der Waals surface area (Å²) in [5.41, 5.74) is 10.2. The Morgan fingerprint density at radius 3 is 1.78 bits per heavy atom. The molecular weight excluding hydrogens is 741 g/mol. The number of rotatable bonds is 5. The number of benzene rings is 4. The summed E-state index contributed by atoms with van der Waals surface area (Å²) in [5.74, 6) is 0. The van der Waals surface area contributed by atoms with Gasteiger partial charge in [-0.2, -0.15) is 0 Å². The van der Waals surface area contributed by atoms with Gasteiger partial charge in [-0.3, -0.25) is 4.98 Å². The molecule has 0 saturated heterocycles. The monoisotopic (exact) mass is 781 g/mol. The predicted molar refractivity (Wildman–Crippen MR) is 190 cm³/mol. The maximum Gasteiger partial charge on any atom is 0.0799 e. The van der Waals surface area contributed by atoms with E-state index < -0.39 is 8.07 Å².